The molecule has 34 heavy (non-hydrogen) atoms. The number of hydrogen-bond donors (Lipinski definition) is 2. The van der Waals surface area contributed by atoms with Crippen LogP contribution in [-0.4, -0.2) is 77.1 Å². The smallest absolute Gasteiger partial charge is 0.254 e. The molecular formula is C24H36F3N5O2. The highest BCUT2D eigenvalue weighted by molar-refractivity contribution is 5.77. The summed E-state index contributed by atoms with van der Waals surface area (Å²) in [7, 11) is 0. The van der Waals surface area contributed by atoms with Gasteiger partial charge in [-0.25, -0.2) is 18.7 Å². The lowest BCUT2D eigenvalue weighted by molar-refractivity contribution is -0.119. The fourth-order valence-electron chi connectivity index (χ4n) is 5.69. The Balaban J connectivity index is 1.32. The summed E-state index contributed by atoms with van der Waals surface area (Å²) >= 11 is 0. The molecule has 10 heteroatoms. The van der Waals surface area contributed by atoms with Crippen LogP contribution in [0.2, 0.25) is 0 Å². The van der Waals surface area contributed by atoms with Crippen LogP contribution in [0.25, 0.3) is 0 Å². The number of halogens is 3. The molecular weight excluding hydrogens is 447 g/mol. The van der Waals surface area contributed by atoms with Gasteiger partial charge in [-0.1, -0.05) is 0 Å². The quantitative estimate of drug-likeness (QED) is 0.558. The molecule has 0 unspecified atom stereocenters. The Morgan fingerprint density at radius 2 is 2.00 bits per heavy atom. The average Bonchev–Trinajstić information content (AvgIpc) is 3.32. The standard InChI is InChI=1S/C24H36F3N5O2/c1-3-32(12-17-4-7-23(8-5-17)14-24(23,26)27)22-20(25)21(29-15-30-22)28-10-18-6-9-31(11-16(2)33)13-19(18)34/h15,17-19,34H,3-14H2,1-2H3,(H,28,29,30)/t17?,18-,19+,23?/m1/s1. The zero-order chi connectivity index (χ0) is 24.5. The molecule has 0 radical (unpaired) electrons. The summed E-state index contributed by atoms with van der Waals surface area (Å²) in [4.78, 5) is 23.4. The third-order valence-corrected chi connectivity index (χ3v) is 7.99. The second kappa shape index (κ2) is 9.97. The average molecular weight is 484 g/mol. The summed E-state index contributed by atoms with van der Waals surface area (Å²) in [6, 6.07) is 0. The summed E-state index contributed by atoms with van der Waals surface area (Å²) in [6.07, 6.45) is 3.97. The predicted molar refractivity (Wildman–Crippen MR) is 124 cm³/mol. The molecule has 3 aliphatic rings. The Kier molecular flexibility index (Phi) is 7.38. The first kappa shape index (κ1) is 25.2. The van der Waals surface area contributed by atoms with Gasteiger partial charge >= 0.3 is 0 Å². The first-order chi connectivity index (χ1) is 16.1. The van der Waals surface area contributed by atoms with Gasteiger partial charge in [0.1, 0.15) is 12.1 Å². The molecule has 1 aromatic heterocycles. The fraction of sp³-hybridized carbons (Fsp3) is 0.792. The number of anilines is 2. The molecule has 4 rings (SSSR count). The van der Waals surface area contributed by atoms with Gasteiger partial charge in [-0.2, -0.15) is 4.39 Å². The number of alkyl halides is 2. The number of ketones is 1. The van der Waals surface area contributed by atoms with E-state index in [-0.39, 0.29) is 35.7 Å². The Hall–Kier alpha value is -1.94. The molecule has 2 aliphatic carbocycles. The van der Waals surface area contributed by atoms with Gasteiger partial charge in [-0.05, 0) is 58.4 Å². The maximum Gasteiger partial charge on any atom is 0.254 e. The van der Waals surface area contributed by atoms with Crippen LogP contribution >= 0.6 is 0 Å². The number of carbonyl (C=O) groups excluding carboxylic acids is 1. The van der Waals surface area contributed by atoms with Crippen LogP contribution in [0.3, 0.4) is 0 Å². The first-order valence-electron chi connectivity index (χ1n) is 12.4. The van der Waals surface area contributed by atoms with Crippen molar-refractivity contribution in [3.8, 4) is 0 Å². The zero-order valence-electron chi connectivity index (χ0n) is 20.1. The Morgan fingerprint density at radius 3 is 2.59 bits per heavy atom. The number of rotatable bonds is 9. The van der Waals surface area contributed by atoms with Gasteiger partial charge in [0.25, 0.3) is 5.92 Å². The van der Waals surface area contributed by atoms with E-state index in [1.54, 1.807) is 0 Å². The second-order valence-corrected chi connectivity index (χ2v) is 10.4. The van der Waals surface area contributed by atoms with E-state index < -0.39 is 23.3 Å². The molecule has 1 aromatic rings. The van der Waals surface area contributed by atoms with Gasteiger partial charge in [0.05, 0.1) is 12.6 Å². The van der Waals surface area contributed by atoms with Crippen LogP contribution in [0.1, 0.15) is 52.4 Å². The summed E-state index contributed by atoms with van der Waals surface area (Å²) in [6.45, 7) is 6.42. The van der Waals surface area contributed by atoms with Gasteiger partial charge in [0.2, 0.25) is 5.82 Å². The number of β-amino-alcohol motifs (C(OH)–C–C–N with tert-alkyl or cyclic N) is 1. The monoisotopic (exact) mass is 483 g/mol. The topological polar surface area (TPSA) is 81.6 Å². The lowest BCUT2D eigenvalue weighted by atomic mass is 9.79. The number of likely N-dealkylation sites (tertiary alicyclic amines) is 1. The minimum atomic E-state index is -2.50. The first-order valence-corrected chi connectivity index (χ1v) is 12.4. The van der Waals surface area contributed by atoms with E-state index in [2.05, 4.69) is 15.3 Å². The lowest BCUT2D eigenvalue weighted by Gasteiger charge is -2.35. The normalized spacial score (nSPS) is 30.8. The molecule has 3 fully saturated rings. The van der Waals surface area contributed by atoms with E-state index >= 15 is 4.39 Å². The van der Waals surface area contributed by atoms with Crippen molar-refractivity contribution < 1.29 is 23.1 Å². The van der Waals surface area contributed by atoms with E-state index in [4.69, 9.17) is 0 Å². The fourth-order valence-corrected chi connectivity index (χ4v) is 5.69. The summed E-state index contributed by atoms with van der Waals surface area (Å²) in [5.74, 6) is -2.48. The van der Waals surface area contributed by atoms with E-state index in [0.717, 1.165) is 12.8 Å². The Bertz CT molecular complexity index is 878. The van der Waals surface area contributed by atoms with Gasteiger partial charge in [-0.3, -0.25) is 9.69 Å². The summed E-state index contributed by atoms with van der Waals surface area (Å²) < 4.78 is 42.7. The molecule has 2 saturated carbocycles. The number of aromatic nitrogens is 2. The van der Waals surface area contributed by atoms with E-state index in [1.807, 2.05) is 16.7 Å². The summed E-state index contributed by atoms with van der Waals surface area (Å²) in [5.41, 5.74) is -0.773. The third-order valence-electron chi connectivity index (χ3n) is 7.99. The molecule has 1 aliphatic heterocycles. The van der Waals surface area contributed by atoms with Crippen LogP contribution in [-0.2, 0) is 4.79 Å². The van der Waals surface area contributed by atoms with Gasteiger partial charge in [0, 0.05) is 43.9 Å². The van der Waals surface area contributed by atoms with Gasteiger partial charge in [0.15, 0.2) is 11.6 Å². The molecule has 0 bridgehead atoms. The Morgan fingerprint density at radius 1 is 1.29 bits per heavy atom. The number of nitrogens with one attached hydrogen (secondary N) is 1. The number of hydrogen-bond acceptors (Lipinski definition) is 7. The zero-order valence-corrected chi connectivity index (χ0v) is 20.1. The van der Waals surface area contributed by atoms with Crippen molar-refractivity contribution >= 4 is 17.4 Å². The summed E-state index contributed by atoms with van der Waals surface area (Å²) in [5, 5.41) is 13.5. The van der Waals surface area contributed by atoms with Crippen LogP contribution < -0.4 is 10.2 Å². The molecule has 2 N–H and O–H groups in total. The molecule has 2 atom stereocenters. The maximum absolute atomic E-state index is 15.3. The van der Waals surface area contributed by atoms with Crippen molar-refractivity contribution in [1.82, 2.24) is 14.9 Å². The number of nitrogens with zero attached hydrogens (tertiary/aromatic N) is 4. The van der Waals surface area contributed by atoms with Crippen LogP contribution in [0.5, 0.6) is 0 Å². The van der Waals surface area contributed by atoms with E-state index in [9.17, 15) is 18.7 Å². The molecule has 1 saturated heterocycles. The van der Waals surface area contributed by atoms with Crippen LogP contribution in [0, 0.1) is 23.1 Å². The molecule has 7 nitrogen and oxygen atoms in total. The minimum absolute atomic E-state index is 0.0181. The van der Waals surface area contributed by atoms with Crippen LogP contribution in [0.15, 0.2) is 6.33 Å². The van der Waals surface area contributed by atoms with Gasteiger partial charge in [-0.15, -0.1) is 0 Å². The van der Waals surface area contributed by atoms with Crippen molar-refractivity contribution in [3.63, 3.8) is 0 Å². The largest absolute Gasteiger partial charge is 0.391 e. The van der Waals surface area contributed by atoms with Crippen molar-refractivity contribution in [2.75, 3.05) is 49.5 Å². The number of aliphatic hydroxyl groups is 1. The van der Waals surface area contributed by atoms with Crippen molar-refractivity contribution in [1.29, 1.82) is 0 Å². The molecule has 2 heterocycles. The maximum atomic E-state index is 15.3. The molecule has 1 spiro atoms. The van der Waals surface area contributed by atoms with Crippen molar-refractivity contribution in [3.05, 3.63) is 12.1 Å². The van der Waals surface area contributed by atoms with Gasteiger partial charge < -0.3 is 15.3 Å². The molecule has 0 aromatic carbocycles. The highest BCUT2D eigenvalue weighted by Crippen LogP contribution is 2.67. The second-order valence-electron chi connectivity index (χ2n) is 10.4. The molecule has 190 valence electrons. The highest BCUT2D eigenvalue weighted by Gasteiger charge is 2.70. The number of aliphatic hydroxyl groups excluding tert-OH is 1. The van der Waals surface area contributed by atoms with E-state index in [1.165, 1.54) is 13.3 Å². The number of Topliss-reactive ketones (excluding diaryl/α,β-unsaturated/α-hetero) is 1. The SMILES string of the molecule is CCN(CC1CCC2(CC1)CC2(F)F)c1ncnc(NC[C@H]2CCN(CC(C)=O)C[C@@H]2O)c1F. The third kappa shape index (κ3) is 5.32. The van der Waals surface area contributed by atoms with E-state index in [0.29, 0.717) is 58.5 Å². The van der Waals surface area contributed by atoms with Crippen LogP contribution in [0.4, 0.5) is 24.8 Å². The number of piperidine rings is 1. The lowest BCUT2D eigenvalue weighted by Crippen LogP contribution is -2.47. The predicted octanol–water partition coefficient (Wildman–Crippen LogP) is 3.34. The Labute approximate surface area is 199 Å². The minimum Gasteiger partial charge on any atom is -0.391 e. The van der Waals surface area contributed by atoms with Crippen molar-refractivity contribution in [2.45, 2.75) is 64.4 Å². The van der Waals surface area contributed by atoms with Crippen molar-refractivity contribution in [2.24, 2.45) is 17.3 Å². The molecule has 0 amide bonds. The highest BCUT2D eigenvalue weighted by atomic mass is 19.3. The number of carbonyl (C=O) groups is 1.